The summed E-state index contributed by atoms with van der Waals surface area (Å²) in [5.74, 6) is 0.817. The molecule has 148 valence electrons. The quantitative estimate of drug-likeness (QED) is 0.407. The van der Waals surface area contributed by atoms with Crippen molar-refractivity contribution in [3.05, 3.63) is 80.2 Å². The average Bonchev–Trinajstić information content (AvgIpc) is 3.00. The summed E-state index contributed by atoms with van der Waals surface area (Å²) in [5.41, 5.74) is 4.17. The van der Waals surface area contributed by atoms with Crippen LogP contribution < -0.4 is 10.3 Å². The first-order valence-electron chi connectivity index (χ1n) is 9.38. The molecule has 0 aliphatic carbocycles. The molecular weight excluding hydrogens is 404 g/mol. The molecule has 0 atom stereocenters. The van der Waals surface area contributed by atoms with E-state index in [1.807, 2.05) is 57.2 Å². The third kappa shape index (κ3) is 4.07. The normalized spacial score (nSPS) is 11.2. The Morgan fingerprint density at radius 1 is 1.07 bits per heavy atom. The van der Waals surface area contributed by atoms with Gasteiger partial charge in [-0.15, -0.1) is 11.3 Å². The second-order valence-corrected chi connectivity index (χ2v) is 8.77. The summed E-state index contributed by atoms with van der Waals surface area (Å²) in [4.78, 5) is 19.5. The van der Waals surface area contributed by atoms with E-state index in [0.717, 1.165) is 37.7 Å². The Hall–Kier alpha value is -2.63. The number of thiophene rings is 1. The number of nitrogens with zero attached hydrogens (tertiary/aromatic N) is 2. The number of aryl methyl sites for hydroxylation is 3. The zero-order valence-corrected chi connectivity index (χ0v) is 18.1. The highest BCUT2D eigenvalue weighted by atomic mass is 35.5. The van der Waals surface area contributed by atoms with Crippen LogP contribution in [-0.4, -0.2) is 16.2 Å². The minimum atomic E-state index is -0.0478. The Balaban J connectivity index is 1.64. The summed E-state index contributed by atoms with van der Waals surface area (Å²) in [6, 6.07) is 13.7. The van der Waals surface area contributed by atoms with Crippen LogP contribution in [0, 0.1) is 20.8 Å². The van der Waals surface area contributed by atoms with E-state index in [4.69, 9.17) is 16.3 Å². The second-order valence-electron chi connectivity index (χ2n) is 7.14. The van der Waals surface area contributed by atoms with Crippen molar-refractivity contribution in [2.45, 2.75) is 27.3 Å². The van der Waals surface area contributed by atoms with Gasteiger partial charge in [0.15, 0.2) is 0 Å². The first-order chi connectivity index (χ1) is 13.9. The molecule has 29 heavy (non-hydrogen) atoms. The van der Waals surface area contributed by atoms with E-state index in [1.165, 1.54) is 11.3 Å². The van der Waals surface area contributed by atoms with Crippen molar-refractivity contribution in [2.75, 3.05) is 6.61 Å². The molecule has 6 heteroatoms. The van der Waals surface area contributed by atoms with Crippen LogP contribution in [0.15, 0.2) is 53.6 Å². The number of hydrogen-bond acceptors (Lipinski definition) is 4. The summed E-state index contributed by atoms with van der Waals surface area (Å²) < 4.78 is 7.49. The van der Waals surface area contributed by atoms with E-state index in [1.54, 1.807) is 10.9 Å². The maximum absolute atomic E-state index is 13.2. The molecule has 0 aliphatic heterocycles. The van der Waals surface area contributed by atoms with Crippen molar-refractivity contribution in [2.24, 2.45) is 0 Å². The molecule has 2 heterocycles. The molecule has 0 aliphatic rings. The Morgan fingerprint density at radius 2 is 1.76 bits per heavy atom. The molecule has 0 saturated carbocycles. The summed E-state index contributed by atoms with van der Waals surface area (Å²) in [7, 11) is 0. The van der Waals surface area contributed by atoms with E-state index < -0.39 is 0 Å². The Morgan fingerprint density at radius 3 is 2.45 bits per heavy atom. The van der Waals surface area contributed by atoms with Gasteiger partial charge in [-0.05, 0) is 61.7 Å². The number of aromatic nitrogens is 2. The Kier molecular flexibility index (Phi) is 5.43. The van der Waals surface area contributed by atoms with Crippen LogP contribution >= 0.6 is 22.9 Å². The first kappa shape index (κ1) is 19.7. The van der Waals surface area contributed by atoms with Crippen molar-refractivity contribution in [1.29, 1.82) is 0 Å². The van der Waals surface area contributed by atoms with Gasteiger partial charge < -0.3 is 4.74 Å². The fraction of sp³-hybridized carbons (Fsp3) is 0.217. The van der Waals surface area contributed by atoms with Crippen molar-refractivity contribution in [3.8, 4) is 16.9 Å². The largest absolute Gasteiger partial charge is 0.492 e. The van der Waals surface area contributed by atoms with E-state index in [-0.39, 0.29) is 5.56 Å². The zero-order valence-electron chi connectivity index (χ0n) is 16.5. The van der Waals surface area contributed by atoms with Crippen LogP contribution in [0.1, 0.15) is 16.0 Å². The minimum Gasteiger partial charge on any atom is -0.492 e. The minimum absolute atomic E-state index is 0.0478. The van der Waals surface area contributed by atoms with Gasteiger partial charge >= 0.3 is 0 Å². The molecule has 0 amide bonds. The number of rotatable bonds is 5. The maximum atomic E-state index is 13.2. The van der Waals surface area contributed by atoms with Gasteiger partial charge in [0.05, 0.1) is 18.3 Å². The van der Waals surface area contributed by atoms with Crippen LogP contribution in [0.4, 0.5) is 0 Å². The molecule has 0 N–H and O–H groups in total. The second kappa shape index (κ2) is 8.01. The number of ether oxygens (including phenoxy) is 1. The molecular formula is C23H21ClN2O2S. The molecule has 0 bridgehead atoms. The van der Waals surface area contributed by atoms with Gasteiger partial charge in [-0.1, -0.05) is 29.8 Å². The number of benzene rings is 2. The predicted octanol–water partition coefficient (Wildman–Crippen LogP) is 5.78. The third-order valence-electron chi connectivity index (χ3n) is 4.78. The van der Waals surface area contributed by atoms with Gasteiger partial charge in [0.2, 0.25) is 0 Å². The molecule has 0 unspecified atom stereocenters. The van der Waals surface area contributed by atoms with Gasteiger partial charge in [0.1, 0.15) is 17.2 Å². The monoisotopic (exact) mass is 424 g/mol. The fourth-order valence-electron chi connectivity index (χ4n) is 3.54. The standard InChI is InChI=1S/C23H21ClN2O2S/c1-14-10-15(2)12-19(11-14)28-9-8-26-13-25-22-21(23(26)27)20(16(3)29-22)17-4-6-18(24)7-5-17/h4-7,10-13H,8-9H2,1-3H3. The van der Waals surface area contributed by atoms with Gasteiger partial charge in [0.25, 0.3) is 5.56 Å². The molecule has 2 aromatic heterocycles. The zero-order chi connectivity index (χ0) is 20.5. The molecule has 0 radical (unpaired) electrons. The number of halogens is 1. The lowest BCUT2D eigenvalue weighted by molar-refractivity contribution is 0.295. The first-order valence-corrected chi connectivity index (χ1v) is 10.6. The third-order valence-corrected chi connectivity index (χ3v) is 6.05. The van der Waals surface area contributed by atoms with Crippen molar-refractivity contribution in [1.82, 2.24) is 9.55 Å². The lowest BCUT2D eigenvalue weighted by Gasteiger charge is -2.10. The molecule has 4 aromatic rings. The molecule has 0 saturated heterocycles. The fourth-order valence-corrected chi connectivity index (χ4v) is 4.67. The van der Waals surface area contributed by atoms with Gasteiger partial charge in [-0.2, -0.15) is 0 Å². The highest BCUT2D eigenvalue weighted by molar-refractivity contribution is 7.19. The molecule has 2 aromatic carbocycles. The van der Waals surface area contributed by atoms with Crippen LogP contribution in [0.5, 0.6) is 5.75 Å². The van der Waals surface area contributed by atoms with E-state index >= 15 is 0 Å². The van der Waals surface area contributed by atoms with Crippen molar-refractivity contribution < 1.29 is 4.74 Å². The lowest BCUT2D eigenvalue weighted by Crippen LogP contribution is -2.23. The highest BCUT2D eigenvalue weighted by Gasteiger charge is 2.17. The summed E-state index contributed by atoms with van der Waals surface area (Å²) >= 11 is 7.56. The van der Waals surface area contributed by atoms with E-state index in [0.29, 0.717) is 23.6 Å². The lowest BCUT2D eigenvalue weighted by atomic mass is 10.0. The van der Waals surface area contributed by atoms with Crippen LogP contribution in [0.25, 0.3) is 21.3 Å². The Bertz CT molecular complexity index is 1220. The summed E-state index contributed by atoms with van der Waals surface area (Å²) in [6.45, 7) is 6.93. The van der Waals surface area contributed by atoms with Crippen molar-refractivity contribution >= 4 is 33.2 Å². The van der Waals surface area contributed by atoms with Gasteiger partial charge in [-0.25, -0.2) is 4.98 Å². The molecule has 0 fully saturated rings. The van der Waals surface area contributed by atoms with Crippen LogP contribution in [-0.2, 0) is 6.54 Å². The van der Waals surface area contributed by atoms with Crippen LogP contribution in [0.2, 0.25) is 5.02 Å². The average molecular weight is 425 g/mol. The SMILES string of the molecule is Cc1cc(C)cc(OCCn2cnc3sc(C)c(-c4ccc(Cl)cc4)c3c2=O)c1. The number of fused-ring (bicyclic) bond motifs is 1. The molecule has 4 rings (SSSR count). The number of hydrogen-bond donors (Lipinski definition) is 0. The van der Waals surface area contributed by atoms with Gasteiger partial charge in [-0.3, -0.25) is 9.36 Å². The van der Waals surface area contributed by atoms with Crippen LogP contribution in [0.3, 0.4) is 0 Å². The van der Waals surface area contributed by atoms with Gasteiger partial charge in [0, 0.05) is 15.5 Å². The highest BCUT2D eigenvalue weighted by Crippen LogP contribution is 2.35. The van der Waals surface area contributed by atoms with E-state index in [9.17, 15) is 4.79 Å². The topological polar surface area (TPSA) is 44.1 Å². The predicted molar refractivity (Wildman–Crippen MR) is 120 cm³/mol. The maximum Gasteiger partial charge on any atom is 0.262 e. The van der Waals surface area contributed by atoms with Crippen molar-refractivity contribution in [3.63, 3.8) is 0 Å². The molecule has 4 nitrogen and oxygen atoms in total. The summed E-state index contributed by atoms with van der Waals surface area (Å²) in [5, 5.41) is 1.33. The smallest absolute Gasteiger partial charge is 0.262 e. The van der Waals surface area contributed by atoms with E-state index in [2.05, 4.69) is 11.1 Å². The summed E-state index contributed by atoms with van der Waals surface area (Å²) in [6.07, 6.45) is 1.61. The molecule has 0 spiro atoms. The Labute approximate surface area is 178 Å².